The Balaban J connectivity index is 1.08. The molecular formula is C29H35ClN6O2S. The molecule has 0 bridgehead atoms. The summed E-state index contributed by atoms with van der Waals surface area (Å²) < 4.78 is 5.37. The van der Waals surface area contributed by atoms with Gasteiger partial charge in [-0.2, -0.15) is 0 Å². The van der Waals surface area contributed by atoms with Gasteiger partial charge in [0, 0.05) is 76.3 Å². The van der Waals surface area contributed by atoms with Gasteiger partial charge in [0.2, 0.25) is 0 Å². The fraction of sp³-hybridized carbons (Fsp3) is 0.414. The Morgan fingerprint density at radius 3 is 2.38 bits per heavy atom. The molecule has 0 atom stereocenters. The number of halogens is 1. The van der Waals surface area contributed by atoms with E-state index < -0.39 is 0 Å². The van der Waals surface area contributed by atoms with Gasteiger partial charge in [0.15, 0.2) is 5.16 Å². The maximum Gasteiger partial charge on any atom is 0.251 e. The zero-order valence-corrected chi connectivity index (χ0v) is 23.7. The summed E-state index contributed by atoms with van der Waals surface area (Å²) in [4.78, 5) is 28.8. The summed E-state index contributed by atoms with van der Waals surface area (Å²) in [5.74, 6) is 1.53. The highest BCUT2D eigenvalue weighted by Crippen LogP contribution is 2.25. The van der Waals surface area contributed by atoms with Crippen LogP contribution in [0.5, 0.6) is 0 Å². The Morgan fingerprint density at radius 2 is 1.64 bits per heavy atom. The molecule has 0 radical (unpaired) electrons. The van der Waals surface area contributed by atoms with Gasteiger partial charge in [-0.1, -0.05) is 65.8 Å². The Kier molecular flexibility index (Phi) is 10.1. The average molecular weight is 567 g/mol. The number of thioether (sulfide) groups is 1. The monoisotopic (exact) mass is 566 g/mol. The maximum atomic E-state index is 12.5. The van der Waals surface area contributed by atoms with Crippen LogP contribution in [0.2, 0.25) is 5.15 Å². The second kappa shape index (κ2) is 14.1. The second-order valence-corrected chi connectivity index (χ2v) is 11.1. The van der Waals surface area contributed by atoms with Crippen molar-refractivity contribution in [3.63, 3.8) is 0 Å². The van der Waals surface area contributed by atoms with Crippen LogP contribution in [0.25, 0.3) is 0 Å². The third kappa shape index (κ3) is 8.40. The molecule has 5 rings (SSSR count). The van der Waals surface area contributed by atoms with Crippen molar-refractivity contribution >= 4 is 35.1 Å². The molecule has 3 heterocycles. The van der Waals surface area contributed by atoms with E-state index in [9.17, 15) is 4.79 Å². The Hall–Kier alpha value is -2.69. The Labute approximate surface area is 239 Å². The first-order valence-electron chi connectivity index (χ1n) is 13.5. The van der Waals surface area contributed by atoms with E-state index in [1.54, 1.807) is 11.8 Å². The number of carbonyl (C=O) groups is 1. The van der Waals surface area contributed by atoms with Crippen molar-refractivity contribution in [1.29, 1.82) is 0 Å². The number of anilines is 1. The molecule has 1 aromatic heterocycles. The molecule has 10 heteroatoms. The predicted octanol–water partition coefficient (Wildman–Crippen LogP) is 3.81. The molecule has 0 unspecified atom stereocenters. The fourth-order valence-corrected chi connectivity index (χ4v) is 5.78. The summed E-state index contributed by atoms with van der Waals surface area (Å²) in [6.07, 6.45) is 0. The van der Waals surface area contributed by atoms with Gasteiger partial charge in [-0.15, -0.1) is 0 Å². The van der Waals surface area contributed by atoms with Crippen LogP contribution < -0.4 is 10.2 Å². The number of hydrogen-bond donors (Lipinski definition) is 1. The number of nitrogens with one attached hydrogen (secondary N) is 1. The zero-order valence-electron chi connectivity index (χ0n) is 22.1. The molecule has 1 amide bonds. The largest absolute Gasteiger partial charge is 0.379 e. The quantitative estimate of drug-likeness (QED) is 0.226. The number of carbonyl (C=O) groups excluding carboxylic acids is 1. The van der Waals surface area contributed by atoms with Gasteiger partial charge in [0.1, 0.15) is 11.0 Å². The highest BCUT2D eigenvalue weighted by molar-refractivity contribution is 7.98. The highest BCUT2D eigenvalue weighted by Gasteiger charge is 2.19. The summed E-state index contributed by atoms with van der Waals surface area (Å²) in [7, 11) is 0. The van der Waals surface area contributed by atoms with Crippen molar-refractivity contribution in [2.75, 3.05) is 70.5 Å². The van der Waals surface area contributed by atoms with Gasteiger partial charge < -0.3 is 15.0 Å². The third-order valence-corrected chi connectivity index (χ3v) is 8.12. The van der Waals surface area contributed by atoms with Crippen molar-refractivity contribution in [2.24, 2.45) is 0 Å². The summed E-state index contributed by atoms with van der Waals surface area (Å²) in [5.41, 5.74) is 3.11. The molecule has 1 N–H and O–H groups in total. The van der Waals surface area contributed by atoms with Crippen LogP contribution in [0.4, 0.5) is 5.82 Å². The van der Waals surface area contributed by atoms with Crippen LogP contribution in [0.15, 0.2) is 65.8 Å². The lowest BCUT2D eigenvalue weighted by Crippen LogP contribution is -2.46. The minimum Gasteiger partial charge on any atom is -0.379 e. The van der Waals surface area contributed by atoms with E-state index in [-0.39, 0.29) is 5.91 Å². The standard InChI is InChI=1S/C29H35ClN6O2S/c30-26-20-27(36-14-12-35(13-15-36)21-23-4-2-1-3-5-23)33-29(32-26)39-22-24-6-8-25(9-7-24)28(37)31-10-11-34-16-18-38-19-17-34/h1-9,20H,10-19,21-22H2,(H,31,37). The minimum absolute atomic E-state index is 0.0471. The van der Waals surface area contributed by atoms with Crippen molar-refractivity contribution in [3.05, 3.63) is 82.5 Å². The molecule has 2 aliphatic rings. The van der Waals surface area contributed by atoms with E-state index in [2.05, 4.69) is 55.3 Å². The molecule has 3 aromatic rings. The number of morpholine rings is 1. The van der Waals surface area contributed by atoms with Gasteiger partial charge >= 0.3 is 0 Å². The van der Waals surface area contributed by atoms with Gasteiger partial charge in [-0.3, -0.25) is 14.6 Å². The lowest BCUT2D eigenvalue weighted by Gasteiger charge is -2.35. The third-order valence-electron chi connectivity index (χ3n) is 7.01. The lowest BCUT2D eigenvalue weighted by molar-refractivity contribution is 0.0383. The zero-order chi connectivity index (χ0) is 26.9. The summed E-state index contributed by atoms with van der Waals surface area (Å²) >= 11 is 7.93. The number of rotatable bonds is 10. The van der Waals surface area contributed by atoms with Crippen molar-refractivity contribution in [3.8, 4) is 0 Å². The lowest BCUT2D eigenvalue weighted by atomic mass is 10.1. The first-order valence-corrected chi connectivity index (χ1v) is 14.8. The number of amides is 1. The number of benzene rings is 2. The Morgan fingerprint density at radius 1 is 0.897 bits per heavy atom. The van der Waals surface area contributed by atoms with E-state index in [1.165, 1.54) is 5.56 Å². The molecule has 0 saturated carbocycles. The fourth-order valence-electron chi connectivity index (χ4n) is 4.74. The van der Waals surface area contributed by atoms with Crippen molar-refractivity contribution < 1.29 is 9.53 Å². The minimum atomic E-state index is -0.0471. The first-order chi connectivity index (χ1) is 19.1. The molecule has 206 valence electrons. The van der Waals surface area contributed by atoms with Gasteiger partial charge in [0.05, 0.1) is 13.2 Å². The van der Waals surface area contributed by atoms with Gasteiger partial charge in [-0.05, 0) is 23.3 Å². The molecule has 2 aliphatic heterocycles. The number of nitrogens with zero attached hydrogens (tertiary/aromatic N) is 5. The molecular weight excluding hydrogens is 532 g/mol. The first kappa shape index (κ1) is 27.9. The second-order valence-electron chi connectivity index (χ2n) is 9.78. The average Bonchev–Trinajstić information content (AvgIpc) is 2.97. The molecule has 39 heavy (non-hydrogen) atoms. The van der Waals surface area contributed by atoms with Crippen LogP contribution in [0, 0.1) is 0 Å². The topological polar surface area (TPSA) is 73.8 Å². The number of aromatic nitrogens is 2. The number of hydrogen-bond acceptors (Lipinski definition) is 8. The van der Waals surface area contributed by atoms with E-state index in [1.807, 2.05) is 30.3 Å². The van der Waals surface area contributed by atoms with Crippen LogP contribution in [-0.2, 0) is 17.0 Å². The molecule has 2 fully saturated rings. The molecule has 8 nitrogen and oxygen atoms in total. The van der Waals surface area contributed by atoms with E-state index in [0.717, 1.165) is 77.0 Å². The smallest absolute Gasteiger partial charge is 0.251 e. The summed E-state index contributed by atoms with van der Waals surface area (Å²) in [6, 6.07) is 20.2. The predicted molar refractivity (Wildman–Crippen MR) is 157 cm³/mol. The van der Waals surface area contributed by atoms with E-state index in [0.29, 0.717) is 28.2 Å². The van der Waals surface area contributed by atoms with Gasteiger partial charge in [-0.25, -0.2) is 9.97 Å². The van der Waals surface area contributed by atoms with Crippen LogP contribution >= 0.6 is 23.4 Å². The molecule has 2 saturated heterocycles. The number of ether oxygens (including phenoxy) is 1. The van der Waals surface area contributed by atoms with Crippen LogP contribution in [0.1, 0.15) is 21.5 Å². The normalized spacial score (nSPS) is 16.8. The summed E-state index contributed by atoms with van der Waals surface area (Å²) in [6.45, 7) is 9.58. The van der Waals surface area contributed by atoms with Crippen molar-refractivity contribution in [2.45, 2.75) is 17.5 Å². The SMILES string of the molecule is O=C(NCCN1CCOCC1)c1ccc(CSc2nc(Cl)cc(N3CCN(Cc4ccccc4)CC3)n2)cc1. The molecule has 2 aromatic carbocycles. The van der Waals surface area contributed by atoms with E-state index >= 15 is 0 Å². The Bertz CT molecular complexity index is 1200. The van der Waals surface area contributed by atoms with Gasteiger partial charge in [0.25, 0.3) is 5.91 Å². The highest BCUT2D eigenvalue weighted by atomic mass is 35.5. The van der Waals surface area contributed by atoms with Crippen LogP contribution in [0.3, 0.4) is 0 Å². The summed E-state index contributed by atoms with van der Waals surface area (Å²) in [5, 5.41) is 4.13. The van der Waals surface area contributed by atoms with E-state index in [4.69, 9.17) is 21.3 Å². The molecule has 0 aliphatic carbocycles. The van der Waals surface area contributed by atoms with Crippen molar-refractivity contribution in [1.82, 2.24) is 25.1 Å². The van der Waals surface area contributed by atoms with Crippen LogP contribution in [-0.4, -0.2) is 91.2 Å². The molecule has 0 spiro atoms. The number of piperazine rings is 1. The maximum absolute atomic E-state index is 12.5.